The molecule has 1 unspecified atom stereocenters. The molecule has 1 fully saturated rings. The van der Waals surface area contributed by atoms with Crippen molar-refractivity contribution in [2.45, 2.75) is 32.5 Å². The van der Waals surface area contributed by atoms with Gasteiger partial charge in [0.05, 0.1) is 17.7 Å². The number of Topliss-reactive ketones (excluding diaryl/α,β-unsaturated/α-hetero) is 1. The molecule has 1 N–H and O–H groups in total. The lowest BCUT2D eigenvalue weighted by Crippen LogP contribution is -2.29. The van der Waals surface area contributed by atoms with Gasteiger partial charge in [-0.25, -0.2) is 8.78 Å². The number of likely N-dealkylation sites (tertiary alicyclic amines) is 1. The highest BCUT2D eigenvalue weighted by atomic mass is 19.1. The average Bonchev–Trinajstić information content (AvgIpc) is 3.05. The van der Waals surface area contributed by atoms with Crippen molar-refractivity contribution in [1.82, 2.24) is 4.90 Å². The Hall–Kier alpha value is -4.00. The van der Waals surface area contributed by atoms with Crippen molar-refractivity contribution in [2.75, 3.05) is 0 Å². The monoisotopic (exact) mass is 463 g/mol. The van der Waals surface area contributed by atoms with Gasteiger partial charge in [0.2, 0.25) is 0 Å². The fourth-order valence-electron chi connectivity index (χ4n) is 3.99. The first-order valence-corrected chi connectivity index (χ1v) is 10.8. The molecule has 4 rings (SSSR count). The summed E-state index contributed by atoms with van der Waals surface area (Å²) in [6, 6.07) is 16.6. The molecule has 1 aliphatic rings. The maximum absolute atomic E-state index is 14.9. The number of amides is 1. The van der Waals surface area contributed by atoms with Gasteiger partial charge in [0, 0.05) is 17.7 Å². The molecule has 0 radical (unpaired) electrons. The van der Waals surface area contributed by atoms with Gasteiger partial charge < -0.3 is 14.7 Å². The van der Waals surface area contributed by atoms with Crippen LogP contribution in [0.25, 0.3) is 5.76 Å². The van der Waals surface area contributed by atoms with Gasteiger partial charge in [0.1, 0.15) is 23.1 Å². The summed E-state index contributed by atoms with van der Waals surface area (Å²) in [5.41, 5.74) is 0.662. The van der Waals surface area contributed by atoms with Crippen LogP contribution >= 0.6 is 0 Å². The third-order valence-corrected chi connectivity index (χ3v) is 5.49. The number of ketones is 1. The number of halogens is 2. The van der Waals surface area contributed by atoms with Gasteiger partial charge in [0.15, 0.2) is 0 Å². The SMILES string of the molecule is CC(C)Oc1cccc(/C(O)=C2/C(=O)C(=O)N(Cc3ccc(F)cc3)C2c2ccccc2F)c1. The van der Waals surface area contributed by atoms with E-state index in [2.05, 4.69) is 0 Å². The molecule has 3 aromatic carbocycles. The fourth-order valence-corrected chi connectivity index (χ4v) is 3.99. The smallest absolute Gasteiger partial charge is 0.295 e. The number of benzene rings is 3. The van der Waals surface area contributed by atoms with Crippen LogP contribution in [0.3, 0.4) is 0 Å². The maximum atomic E-state index is 14.9. The van der Waals surface area contributed by atoms with Crippen molar-refractivity contribution < 1.29 is 28.2 Å². The molecular weight excluding hydrogens is 440 g/mol. The second-order valence-electron chi connectivity index (χ2n) is 8.27. The Morgan fingerprint density at radius 2 is 1.71 bits per heavy atom. The molecule has 0 aliphatic carbocycles. The van der Waals surface area contributed by atoms with Crippen molar-refractivity contribution >= 4 is 17.4 Å². The molecule has 1 heterocycles. The Bertz CT molecular complexity index is 1270. The second kappa shape index (κ2) is 9.47. The van der Waals surface area contributed by atoms with Gasteiger partial charge in [-0.05, 0) is 49.7 Å². The lowest BCUT2D eigenvalue weighted by Gasteiger charge is -2.25. The van der Waals surface area contributed by atoms with Gasteiger partial charge in [-0.1, -0.05) is 42.5 Å². The molecule has 1 aliphatic heterocycles. The summed E-state index contributed by atoms with van der Waals surface area (Å²) in [6.45, 7) is 3.63. The van der Waals surface area contributed by atoms with Crippen LogP contribution in [0.5, 0.6) is 5.75 Å². The van der Waals surface area contributed by atoms with E-state index in [1.807, 2.05) is 13.8 Å². The lowest BCUT2D eigenvalue weighted by molar-refractivity contribution is -0.140. The molecule has 34 heavy (non-hydrogen) atoms. The molecule has 0 spiro atoms. The number of rotatable bonds is 6. The van der Waals surface area contributed by atoms with E-state index in [1.54, 1.807) is 30.3 Å². The zero-order valence-corrected chi connectivity index (χ0v) is 18.7. The molecule has 0 saturated carbocycles. The van der Waals surface area contributed by atoms with Gasteiger partial charge in [-0.15, -0.1) is 0 Å². The molecule has 0 bridgehead atoms. The Balaban J connectivity index is 1.85. The van der Waals surface area contributed by atoms with Crippen LogP contribution in [0, 0.1) is 11.6 Å². The number of hydrogen-bond donors (Lipinski definition) is 1. The normalized spacial score (nSPS) is 17.4. The Morgan fingerprint density at radius 3 is 2.38 bits per heavy atom. The minimum Gasteiger partial charge on any atom is -0.507 e. The molecule has 3 aromatic rings. The van der Waals surface area contributed by atoms with Crippen LogP contribution < -0.4 is 4.74 Å². The van der Waals surface area contributed by atoms with Crippen LogP contribution in [-0.2, 0) is 16.1 Å². The second-order valence-corrected chi connectivity index (χ2v) is 8.27. The van der Waals surface area contributed by atoms with Crippen LogP contribution in [-0.4, -0.2) is 27.8 Å². The van der Waals surface area contributed by atoms with Crippen LogP contribution in [0.1, 0.15) is 36.6 Å². The summed E-state index contributed by atoms with van der Waals surface area (Å²) < 4.78 is 33.9. The molecule has 5 nitrogen and oxygen atoms in total. The summed E-state index contributed by atoms with van der Waals surface area (Å²) in [7, 11) is 0. The largest absolute Gasteiger partial charge is 0.507 e. The zero-order chi connectivity index (χ0) is 24.4. The number of carbonyl (C=O) groups is 2. The van der Waals surface area contributed by atoms with Crippen LogP contribution in [0.4, 0.5) is 8.78 Å². The summed E-state index contributed by atoms with van der Waals surface area (Å²) in [4.78, 5) is 27.3. The van der Waals surface area contributed by atoms with Crippen molar-refractivity contribution in [3.8, 4) is 5.75 Å². The Kier molecular flexibility index (Phi) is 6.45. The van der Waals surface area contributed by atoms with E-state index in [0.717, 1.165) is 0 Å². The summed E-state index contributed by atoms with van der Waals surface area (Å²) in [5, 5.41) is 11.2. The van der Waals surface area contributed by atoms with E-state index in [-0.39, 0.29) is 29.3 Å². The molecule has 0 aromatic heterocycles. The summed E-state index contributed by atoms with van der Waals surface area (Å²) in [6.07, 6.45) is -0.114. The van der Waals surface area contributed by atoms with E-state index in [1.165, 1.54) is 47.4 Å². The predicted molar refractivity (Wildman–Crippen MR) is 123 cm³/mol. The summed E-state index contributed by atoms with van der Waals surface area (Å²) in [5.74, 6) is -2.83. The van der Waals surface area contributed by atoms with E-state index in [4.69, 9.17) is 4.74 Å². The van der Waals surface area contributed by atoms with Gasteiger partial charge in [-0.2, -0.15) is 0 Å². The van der Waals surface area contributed by atoms with Crippen molar-refractivity contribution in [1.29, 1.82) is 0 Å². The van der Waals surface area contributed by atoms with E-state index >= 15 is 0 Å². The fraction of sp³-hybridized carbons (Fsp3) is 0.185. The third kappa shape index (κ3) is 4.55. The minimum absolute atomic E-state index is 0.0694. The highest BCUT2D eigenvalue weighted by molar-refractivity contribution is 6.46. The van der Waals surface area contributed by atoms with Crippen molar-refractivity contribution in [2.24, 2.45) is 0 Å². The van der Waals surface area contributed by atoms with E-state index in [9.17, 15) is 23.5 Å². The molecular formula is C27H23F2NO4. The third-order valence-electron chi connectivity index (χ3n) is 5.49. The average molecular weight is 463 g/mol. The molecule has 174 valence electrons. The van der Waals surface area contributed by atoms with Crippen molar-refractivity contribution in [3.63, 3.8) is 0 Å². The van der Waals surface area contributed by atoms with Crippen LogP contribution in [0.15, 0.2) is 78.4 Å². The zero-order valence-electron chi connectivity index (χ0n) is 18.7. The number of aliphatic hydroxyl groups excluding tert-OH is 1. The molecule has 1 atom stereocenters. The first-order chi connectivity index (χ1) is 16.3. The van der Waals surface area contributed by atoms with E-state index in [0.29, 0.717) is 11.3 Å². The van der Waals surface area contributed by atoms with Crippen molar-refractivity contribution in [3.05, 3.63) is 107 Å². The number of carbonyl (C=O) groups excluding carboxylic acids is 2. The highest BCUT2D eigenvalue weighted by Gasteiger charge is 2.47. The first kappa shape index (κ1) is 23.2. The summed E-state index contributed by atoms with van der Waals surface area (Å²) >= 11 is 0. The number of ether oxygens (including phenoxy) is 1. The lowest BCUT2D eigenvalue weighted by atomic mass is 9.94. The minimum atomic E-state index is -1.17. The van der Waals surface area contributed by atoms with E-state index < -0.39 is 35.1 Å². The Labute approximate surface area is 195 Å². The van der Waals surface area contributed by atoms with Gasteiger partial charge in [-0.3, -0.25) is 9.59 Å². The predicted octanol–water partition coefficient (Wildman–Crippen LogP) is 5.37. The molecule has 1 amide bonds. The Morgan fingerprint density at radius 1 is 1.00 bits per heavy atom. The van der Waals surface area contributed by atoms with Gasteiger partial charge in [0.25, 0.3) is 11.7 Å². The molecule has 7 heteroatoms. The molecule has 1 saturated heterocycles. The number of nitrogens with zero attached hydrogens (tertiary/aromatic N) is 1. The number of hydrogen-bond acceptors (Lipinski definition) is 4. The number of aliphatic hydroxyl groups is 1. The van der Waals surface area contributed by atoms with Gasteiger partial charge >= 0.3 is 0 Å². The quantitative estimate of drug-likeness (QED) is 0.303. The topological polar surface area (TPSA) is 66.8 Å². The highest BCUT2D eigenvalue weighted by Crippen LogP contribution is 2.41. The maximum Gasteiger partial charge on any atom is 0.295 e. The first-order valence-electron chi connectivity index (χ1n) is 10.8. The van der Waals surface area contributed by atoms with Crippen LogP contribution in [0.2, 0.25) is 0 Å². The standard InChI is InChI=1S/C27H23F2NO4/c1-16(2)34-20-7-5-6-18(14-20)25(31)23-24(21-8-3-4-9-22(21)29)30(27(33)26(23)32)15-17-10-12-19(28)13-11-17/h3-14,16,24,31H,15H2,1-2H3/b25-23-.